The third-order valence-corrected chi connectivity index (χ3v) is 7.31. The Labute approximate surface area is 195 Å². The number of nitrogens with zero attached hydrogens (tertiary/aromatic N) is 2. The van der Waals surface area contributed by atoms with E-state index in [0.717, 1.165) is 34.2 Å². The number of hydrogen-bond donors (Lipinski definition) is 1. The van der Waals surface area contributed by atoms with E-state index in [-0.39, 0.29) is 23.1 Å². The summed E-state index contributed by atoms with van der Waals surface area (Å²) in [6.07, 6.45) is 2.04. The Hall–Kier alpha value is -2.82. The van der Waals surface area contributed by atoms with Gasteiger partial charge in [0.1, 0.15) is 22.1 Å². The number of ether oxygens (including phenoxy) is 3. The normalized spacial score (nSPS) is 13.8. The fourth-order valence-corrected chi connectivity index (χ4v) is 4.59. The molecule has 2 aromatic rings. The van der Waals surface area contributed by atoms with Crippen molar-refractivity contribution in [2.24, 2.45) is 0 Å². The Morgan fingerprint density at radius 1 is 1.00 bits per heavy atom. The van der Waals surface area contributed by atoms with Crippen molar-refractivity contribution in [1.82, 2.24) is 9.21 Å². The SMILES string of the molecule is COc1ccc(OC)c(CN(CC(=O)Nc2ccc(OC)c(S(=O)(=O)N(C)C)c2)C2CC2)c1. The molecule has 0 heterocycles. The van der Waals surface area contributed by atoms with Crippen molar-refractivity contribution in [3.63, 3.8) is 0 Å². The van der Waals surface area contributed by atoms with Crippen molar-refractivity contribution in [3.05, 3.63) is 42.0 Å². The van der Waals surface area contributed by atoms with Gasteiger partial charge >= 0.3 is 0 Å². The summed E-state index contributed by atoms with van der Waals surface area (Å²) in [7, 11) is 3.78. The summed E-state index contributed by atoms with van der Waals surface area (Å²) in [5.41, 5.74) is 1.32. The molecule has 3 rings (SSSR count). The van der Waals surface area contributed by atoms with E-state index in [0.29, 0.717) is 18.3 Å². The highest BCUT2D eigenvalue weighted by atomic mass is 32.2. The first-order valence-corrected chi connectivity index (χ1v) is 12.0. The molecular formula is C23H31N3O6S. The van der Waals surface area contributed by atoms with E-state index < -0.39 is 10.0 Å². The molecular weight excluding hydrogens is 446 g/mol. The van der Waals surface area contributed by atoms with Gasteiger partial charge < -0.3 is 19.5 Å². The molecule has 0 saturated heterocycles. The summed E-state index contributed by atoms with van der Waals surface area (Å²) in [5.74, 6) is 1.43. The highest BCUT2D eigenvalue weighted by Crippen LogP contribution is 2.32. The van der Waals surface area contributed by atoms with Crippen LogP contribution in [0.15, 0.2) is 41.3 Å². The first kappa shape index (κ1) is 24.8. The number of hydrogen-bond acceptors (Lipinski definition) is 7. The van der Waals surface area contributed by atoms with E-state index in [1.807, 2.05) is 18.2 Å². The van der Waals surface area contributed by atoms with Crippen LogP contribution in [0.1, 0.15) is 18.4 Å². The molecule has 10 heteroatoms. The maximum Gasteiger partial charge on any atom is 0.246 e. The van der Waals surface area contributed by atoms with Gasteiger partial charge in [0, 0.05) is 37.9 Å². The van der Waals surface area contributed by atoms with E-state index in [4.69, 9.17) is 14.2 Å². The van der Waals surface area contributed by atoms with Gasteiger partial charge in [-0.05, 0) is 49.2 Å². The Morgan fingerprint density at radius 3 is 2.24 bits per heavy atom. The second kappa shape index (κ2) is 10.4. The summed E-state index contributed by atoms with van der Waals surface area (Å²) in [4.78, 5) is 15.0. The van der Waals surface area contributed by atoms with Crippen molar-refractivity contribution in [1.29, 1.82) is 0 Å². The zero-order valence-corrected chi connectivity index (χ0v) is 20.4. The van der Waals surface area contributed by atoms with E-state index >= 15 is 0 Å². The molecule has 0 unspecified atom stereocenters. The lowest BCUT2D eigenvalue weighted by atomic mass is 10.1. The zero-order valence-electron chi connectivity index (χ0n) is 19.6. The standard InChI is InChI=1S/C23H31N3O6S/c1-25(2)33(28,29)22-13-17(6-10-21(22)32-5)24-23(27)15-26(18-7-8-18)14-16-12-19(30-3)9-11-20(16)31-4/h6,9-13,18H,7-8,14-15H2,1-5H3,(H,24,27). The minimum atomic E-state index is -3.74. The van der Waals surface area contributed by atoms with Crippen molar-refractivity contribution in [3.8, 4) is 17.2 Å². The fourth-order valence-electron chi connectivity index (χ4n) is 3.52. The minimum Gasteiger partial charge on any atom is -0.497 e. The van der Waals surface area contributed by atoms with Crippen molar-refractivity contribution in [2.75, 3.05) is 47.3 Å². The second-order valence-corrected chi connectivity index (χ2v) is 10.1. The van der Waals surface area contributed by atoms with Crippen LogP contribution in [0.25, 0.3) is 0 Å². The summed E-state index contributed by atoms with van der Waals surface area (Å²) in [6.45, 7) is 0.689. The highest BCUT2D eigenvalue weighted by Gasteiger charge is 2.31. The smallest absolute Gasteiger partial charge is 0.246 e. The van der Waals surface area contributed by atoms with Gasteiger partial charge in [0.05, 0.1) is 27.9 Å². The molecule has 1 saturated carbocycles. The average molecular weight is 478 g/mol. The second-order valence-electron chi connectivity index (χ2n) is 8.02. The quantitative estimate of drug-likeness (QED) is 0.531. The predicted octanol–water partition coefficient (Wildman–Crippen LogP) is 2.57. The predicted molar refractivity (Wildman–Crippen MR) is 125 cm³/mol. The van der Waals surface area contributed by atoms with E-state index in [1.165, 1.54) is 33.3 Å². The number of carbonyl (C=O) groups is 1. The molecule has 1 aliphatic rings. The molecule has 0 spiro atoms. The molecule has 1 aliphatic carbocycles. The number of carbonyl (C=O) groups excluding carboxylic acids is 1. The van der Waals surface area contributed by atoms with Gasteiger partial charge in [-0.1, -0.05) is 0 Å². The van der Waals surface area contributed by atoms with E-state index in [9.17, 15) is 13.2 Å². The zero-order chi connectivity index (χ0) is 24.2. The largest absolute Gasteiger partial charge is 0.497 e. The van der Waals surface area contributed by atoms with Crippen LogP contribution in [-0.4, -0.2) is 71.5 Å². The van der Waals surface area contributed by atoms with Crippen LogP contribution in [0.4, 0.5) is 5.69 Å². The molecule has 33 heavy (non-hydrogen) atoms. The van der Waals surface area contributed by atoms with Crippen LogP contribution in [0.5, 0.6) is 17.2 Å². The van der Waals surface area contributed by atoms with Crippen LogP contribution in [0, 0.1) is 0 Å². The lowest BCUT2D eigenvalue weighted by Gasteiger charge is -2.23. The minimum absolute atomic E-state index is 0.00651. The van der Waals surface area contributed by atoms with Gasteiger partial charge in [-0.15, -0.1) is 0 Å². The average Bonchev–Trinajstić information content (AvgIpc) is 3.63. The Bertz CT molecular complexity index is 1100. The first-order valence-electron chi connectivity index (χ1n) is 10.5. The van der Waals surface area contributed by atoms with Gasteiger partial charge in [0.15, 0.2) is 0 Å². The molecule has 1 amide bonds. The van der Waals surface area contributed by atoms with Gasteiger partial charge in [-0.2, -0.15) is 0 Å². The van der Waals surface area contributed by atoms with Crippen LogP contribution in [0.3, 0.4) is 0 Å². The molecule has 0 aliphatic heterocycles. The van der Waals surface area contributed by atoms with Crippen LogP contribution in [0.2, 0.25) is 0 Å². The Balaban J connectivity index is 1.77. The van der Waals surface area contributed by atoms with Crippen molar-refractivity contribution >= 4 is 21.6 Å². The van der Waals surface area contributed by atoms with Crippen LogP contribution in [-0.2, 0) is 21.4 Å². The van der Waals surface area contributed by atoms with E-state index in [1.54, 1.807) is 20.3 Å². The molecule has 2 aromatic carbocycles. The maximum absolute atomic E-state index is 12.9. The topological polar surface area (TPSA) is 97.4 Å². The number of rotatable bonds is 11. The molecule has 0 aromatic heterocycles. The monoisotopic (exact) mass is 477 g/mol. The Kier molecular flexibility index (Phi) is 7.83. The number of nitrogens with one attached hydrogen (secondary N) is 1. The number of sulfonamides is 1. The van der Waals surface area contributed by atoms with Crippen molar-refractivity contribution in [2.45, 2.75) is 30.3 Å². The van der Waals surface area contributed by atoms with E-state index in [2.05, 4.69) is 10.2 Å². The number of amides is 1. The molecule has 180 valence electrons. The van der Waals surface area contributed by atoms with Gasteiger partial charge in [0.25, 0.3) is 0 Å². The summed E-state index contributed by atoms with van der Waals surface area (Å²) >= 11 is 0. The summed E-state index contributed by atoms with van der Waals surface area (Å²) in [5, 5.41) is 2.82. The van der Waals surface area contributed by atoms with Gasteiger partial charge in [-0.25, -0.2) is 12.7 Å². The van der Waals surface area contributed by atoms with Gasteiger partial charge in [-0.3, -0.25) is 9.69 Å². The Morgan fingerprint density at radius 2 is 1.67 bits per heavy atom. The highest BCUT2D eigenvalue weighted by molar-refractivity contribution is 7.89. The first-order chi connectivity index (χ1) is 15.7. The van der Waals surface area contributed by atoms with Crippen LogP contribution < -0.4 is 19.5 Å². The molecule has 1 N–H and O–H groups in total. The summed E-state index contributed by atoms with van der Waals surface area (Å²) in [6, 6.07) is 10.5. The number of methoxy groups -OCH3 is 3. The third-order valence-electron chi connectivity index (χ3n) is 5.48. The lowest BCUT2D eigenvalue weighted by molar-refractivity contribution is -0.117. The molecule has 9 nitrogen and oxygen atoms in total. The molecule has 1 fully saturated rings. The number of benzene rings is 2. The fraction of sp³-hybridized carbons (Fsp3) is 0.435. The summed E-state index contributed by atoms with van der Waals surface area (Å²) < 4.78 is 42.4. The van der Waals surface area contributed by atoms with Gasteiger partial charge in [0.2, 0.25) is 15.9 Å². The molecule has 0 bridgehead atoms. The van der Waals surface area contributed by atoms with Crippen LogP contribution >= 0.6 is 0 Å². The maximum atomic E-state index is 12.9. The molecule has 0 atom stereocenters. The third kappa shape index (κ3) is 5.95. The molecule has 0 radical (unpaired) electrons. The number of anilines is 1. The van der Waals surface area contributed by atoms with Crippen molar-refractivity contribution < 1.29 is 27.4 Å². The lowest BCUT2D eigenvalue weighted by Crippen LogP contribution is -2.34.